The van der Waals surface area contributed by atoms with Crippen molar-refractivity contribution in [1.82, 2.24) is 14.5 Å². The number of oxime groups is 1. The molecular weight excluding hydrogens is 401 g/mol. The number of hydrogen-bond acceptors (Lipinski definition) is 7. The Kier molecular flexibility index (Phi) is 5.12. The van der Waals surface area contributed by atoms with Crippen molar-refractivity contribution >= 4 is 28.8 Å². The largest absolute Gasteiger partial charge is 0.508 e. The van der Waals surface area contributed by atoms with Crippen LogP contribution in [0.15, 0.2) is 47.6 Å². The molecule has 0 atom stereocenters. The Morgan fingerprint density at radius 2 is 1.87 bits per heavy atom. The minimum atomic E-state index is -0.604. The molecule has 0 saturated carbocycles. The monoisotopic (exact) mass is 423 g/mol. The van der Waals surface area contributed by atoms with E-state index in [0.29, 0.717) is 34.0 Å². The van der Waals surface area contributed by atoms with Crippen LogP contribution < -0.4 is 16.1 Å². The second kappa shape index (κ2) is 7.90. The van der Waals surface area contributed by atoms with Gasteiger partial charge in [0, 0.05) is 38.2 Å². The molecule has 0 unspecified atom stereocenters. The zero-order valence-electron chi connectivity index (χ0n) is 17.2. The van der Waals surface area contributed by atoms with Gasteiger partial charge in [0.1, 0.15) is 5.75 Å². The summed E-state index contributed by atoms with van der Waals surface area (Å²) in [6.45, 7) is 0. The number of fused-ring (bicyclic) bond motifs is 1. The van der Waals surface area contributed by atoms with Crippen LogP contribution >= 0.6 is 0 Å². The van der Waals surface area contributed by atoms with Crippen molar-refractivity contribution in [3.63, 3.8) is 0 Å². The Morgan fingerprint density at radius 1 is 1.10 bits per heavy atom. The predicted molar refractivity (Wildman–Crippen MR) is 120 cm³/mol. The second-order valence-electron chi connectivity index (χ2n) is 6.70. The number of nitrogens with one attached hydrogen (secondary N) is 3. The van der Waals surface area contributed by atoms with Gasteiger partial charge < -0.3 is 30.9 Å². The number of anilines is 2. The summed E-state index contributed by atoms with van der Waals surface area (Å²) in [5, 5.41) is 33.9. The summed E-state index contributed by atoms with van der Waals surface area (Å²) in [5.41, 5.74) is 5.67. The van der Waals surface area contributed by atoms with Crippen LogP contribution in [0.2, 0.25) is 0 Å². The molecule has 2 aromatic carbocycles. The van der Waals surface area contributed by atoms with Crippen molar-refractivity contribution in [3.8, 4) is 22.7 Å². The molecule has 4 aromatic rings. The fourth-order valence-electron chi connectivity index (χ4n) is 3.84. The van der Waals surface area contributed by atoms with Crippen molar-refractivity contribution in [2.75, 3.05) is 37.2 Å². The maximum Gasteiger partial charge on any atom is 0.161 e. The van der Waals surface area contributed by atoms with Crippen LogP contribution in [0.25, 0.3) is 27.8 Å². The van der Waals surface area contributed by atoms with Gasteiger partial charge in [-0.2, -0.15) is 4.79 Å². The molecule has 0 bridgehead atoms. The fourth-order valence-corrected chi connectivity index (χ4v) is 3.84. The number of rotatable bonds is 6. The Bertz CT molecular complexity index is 1290. The molecule has 0 aliphatic rings. The van der Waals surface area contributed by atoms with E-state index in [9.17, 15) is 10.3 Å². The smallest absolute Gasteiger partial charge is 0.161 e. The third kappa shape index (κ3) is 3.08. The predicted octanol–water partition coefficient (Wildman–Crippen LogP) is 3.40. The molecule has 4 rings (SSSR count). The lowest BCUT2D eigenvalue weighted by Crippen LogP contribution is -2.14. The Labute approximate surface area is 177 Å². The summed E-state index contributed by atoms with van der Waals surface area (Å²) in [7, 11) is 5.21. The van der Waals surface area contributed by atoms with E-state index in [4.69, 9.17) is 0 Å². The summed E-state index contributed by atoms with van der Waals surface area (Å²) in [6, 6.07) is 11.4. The lowest BCUT2D eigenvalue weighted by Gasteiger charge is -2.15. The van der Waals surface area contributed by atoms with Crippen molar-refractivity contribution in [2.24, 2.45) is 5.16 Å². The molecule has 0 radical (unpaired) electrons. The van der Waals surface area contributed by atoms with E-state index in [0.717, 1.165) is 11.5 Å². The van der Waals surface area contributed by atoms with Crippen LogP contribution in [-0.4, -0.2) is 52.1 Å². The molecule has 160 valence electrons. The number of phenols is 1. The molecule has 0 saturated heterocycles. The highest BCUT2D eigenvalue weighted by Crippen LogP contribution is 2.42. The zero-order chi connectivity index (χ0) is 22.1. The first kappa shape index (κ1) is 20.1. The average Bonchev–Trinajstić information content (AvgIpc) is 3.29. The number of hydrogen-bond donors (Lipinski definition) is 5. The van der Waals surface area contributed by atoms with Gasteiger partial charge in [0.15, 0.2) is 17.5 Å². The summed E-state index contributed by atoms with van der Waals surface area (Å²) < 4.78 is 16.8. The Morgan fingerprint density at radius 3 is 2.52 bits per heavy atom. The van der Waals surface area contributed by atoms with Gasteiger partial charge in [-0.1, -0.05) is 23.4 Å². The molecule has 31 heavy (non-hydrogen) atoms. The molecule has 0 aliphatic heterocycles. The third-order valence-corrected chi connectivity index (χ3v) is 5.08. The van der Waals surface area contributed by atoms with Gasteiger partial charge in [0.25, 0.3) is 0 Å². The topological polar surface area (TPSA) is 112 Å². The Balaban J connectivity index is 2.23. The molecule has 2 heterocycles. The molecule has 0 spiro atoms. The van der Waals surface area contributed by atoms with Gasteiger partial charge in [0.2, 0.25) is 0 Å². The number of aromatic hydroxyl groups is 1. The van der Waals surface area contributed by atoms with Crippen LogP contribution in [0.4, 0.5) is 16.0 Å². The molecule has 10 heteroatoms. The van der Waals surface area contributed by atoms with Crippen molar-refractivity contribution in [2.45, 2.75) is 0 Å². The van der Waals surface area contributed by atoms with E-state index in [1.165, 1.54) is 18.3 Å². The lowest BCUT2D eigenvalue weighted by molar-refractivity contribution is 0.322. The first-order valence-corrected chi connectivity index (χ1v) is 9.52. The van der Waals surface area contributed by atoms with Gasteiger partial charge in [0.05, 0.1) is 28.7 Å². The Hall–Kier alpha value is -4.21. The maximum atomic E-state index is 15.1. The van der Waals surface area contributed by atoms with E-state index >= 15 is 4.39 Å². The molecule has 0 aliphatic carbocycles. The van der Waals surface area contributed by atoms with E-state index in [2.05, 4.69) is 26.3 Å². The minimum absolute atomic E-state index is 0.175. The summed E-state index contributed by atoms with van der Waals surface area (Å²) in [5.74, 6) is 0.357. The van der Waals surface area contributed by atoms with Crippen molar-refractivity contribution in [1.29, 1.82) is 0 Å². The van der Waals surface area contributed by atoms with Crippen LogP contribution in [-0.2, 0) is 0 Å². The molecule has 0 fully saturated rings. The molecule has 9 nitrogen and oxygen atoms in total. The van der Waals surface area contributed by atoms with E-state index < -0.39 is 5.82 Å². The quantitative estimate of drug-likeness (QED) is 0.185. The zero-order valence-corrected chi connectivity index (χ0v) is 17.2. The number of halogens is 1. The van der Waals surface area contributed by atoms with E-state index in [1.807, 2.05) is 24.3 Å². The van der Waals surface area contributed by atoms with Gasteiger partial charge in [-0.05, 0) is 18.2 Å². The molecule has 2 aromatic heterocycles. The third-order valence-electron chi connectivity index (χ3n) is 5.08. The summed E-state index contributed by atoms with van der Waals surface area (Å²) in [4.78, 5) is 1.55. The van der Waals surface area contributed by atoms with Crippen LogP contribution in [0.3, 0.4) is 0 Å². The molecular formula is C21H22FN7O2. The first-order valence-electron chi connectivity index (χ1n) is 9.52. The summed E-state index contributed by atoms with van der Waals surface area (Å²) >= 11 is 0. The van der Waals surface area contributed by atoms with Crippen LogP contribution in [0.5, 0.6) is 5.75 Å². The van der Waals surface area contributed by atoms with Crippen molar-refractivity contribution < 1.29 is 14.7 Å². The number of phenolic OH excluding ortho intramolecular Hbond substituents is 1. The second-order valence-corrected chi connectivity index (χ2v) is 6.70. The normalized spacial score (nSPS) is 11.4. The van der Waals surface area contributed by atoms with Gasteiger partial charge >= 0.3 is 0 Å². The van der Waals surface area contributed by atoms with Gasteiger partial charge in [-0.3, -0.25) is 0 Å². The highest BCUT2D eigenvalue weighted by Gasteiger charge is 2.28. The maximum absolute atomic E-state index is 15.1. The average molecular weight is 423 g/mol. The highest BCUT2D eigenvalue weighted by molar-refractivity contribution is 6.09. The number of aromatic nitrogens is 3. The first-order chi connectivity index (χ1) is 15.0. The lowest BCUT2D eigenvalue weighted by atomic mass is 10.1. The summed E-state index contributed by atoms with van der Waals surface area (Å²) in [6.07, 6.45) is 1.32. The van der Waals surface area contributed by atoms with E-state index in [-0.39, 0.29) is 11.4 Å². The fraction of sp³-hybridized carbons (Fsp3) is 0.143. The highest BCUT2D eigenvalue weighted by atomic mass is 19.1. The number of para-hydroxylation sites is 1. The standard InChI is InChI=1S/C21H22FN7O2/c1-23-20-18(21(24-2)29(25-3)27-20)19-14(11-26-31)13-6-4-5-7-16(13)28(19)17-9-8-12(30)10-15(17)22/h4-11,24-25,30-31H,1-3H3,(H,23,27). The van der Waals surface area contributed by atoms with Crippen LogP contribution in [0.1, 0.15) is 5.56 Å². The molecule has 5 N–H and O–H groups in total. The minimum Gasteiger partial charge on any atom is -0.508 e. The van der Waals surface area contributed by atoms with Crippen LogP contribution in [0, 0.1) is 5.82 Å². The SMILES string of the molecule is CNc1nn(NC)c(NC)c1-c1c(C=NO)c2ccccc2n1-c1ccc(O)cc1F. The molecule has 0 amide bonds. The number of benzene rings is 2. The van der Waals surface area contributed by atoms with Gasteiger partial charge in [-0.15, -0.1) is 5.10 Å². The van der Waals surface area contributed by atoms with E-state index in [1.54, 1.807) is 30.5 Å². The number of nitrogens with zero attached hydrogens (tertiary/aromatic N) is 4. The van der Waals surface area contributed by atoms with Gasteiger partial charge in [-0.25, -0.2) is 4.39 Å². The van der Waals surface area contributed by atoms with Crippen molar-refractivity contribution in [3.05, 3.63) is 53.8 Å².